The molecule has 4 nitrogen and oxygen atoms in total. The van der Waals surface area contributed by atoms with Crippen LogP contribution in [0, 0.1) is 11.6 Å². The molecule has 0 N–H and O–H groups in total. The SMILES string of the molecule is COC1CCOC2(CCN(C(=O)c3cc(F)ccc3F)CC2)C1. The number of ether oxygens (including phenoxy) is 2. The molecule has 2 saturated heterocycles. The molecule has 6 heteroatoms. The predicted molar refractivity (Wildman–Crippen MR) is 80.2 cm³/mol. The molecule has 2 aliphatic rings. The molecule has 0 saturated carbocycles. The van der Waals surface area contributed by atoms with Gasteiger partial charge >= 0.3 is 0 Å². The molecule has 1 aromatic carbocycles. The number of carbonyl (C=O) groups excluding carboxylic acids is 1. The van der Waals surface area contributed by atoms with Crippen molar-refractivity contribution in [3.05, 3.63) is 35.4 Å². The summed E-state index contributed by atoms with van der Waals surface area (Å²) in [6.45, 7) is 1.61. The lowest BCUT2D eigenvalue weighted by atomic mass is 9.83. The van der Waals surface area contributed by atoms with Gasteiger partial charge in [-0.15, -0.1) is 0 Å². The molecule has 0 bridgehead atoms. The quantitative estimate of drug-likeness (QED) is 0.839. The van der Waals surface area contributed by atoms with Gasteiger partial charge in [0.05, 0.1) is 17.3 Å². The van der Waals surface area contributed by atoms with Crippen LogP contribution >= 0.6 is 0 Å². The first-order chi connectivity index (χ1) is 11.0. The van der Waals surface area contributed by atoms with Crippen LogP contribution in [0.1, 0.15) is 36.0 Å². The second-order valence-corrected chi connectivity index (χ2v) is 6.30. The van der Waals surface area contributed by atoms with Crippen LogP contribution in [0.5, 0.6) is 0 Å². The van der Waals surface area contributed by atoms with Crippen molar-refractivity contribution in [3.8, 4) is 0 Å². The molecule has 1 aromatic rings. The molecule has 2 fully saturated rings. The maximum atomic E-state index is 13.8. The summed E-state index contributed by atoms with van der Waals surface area (Å²) < 4.78 is 38.4. The number of piperidine rings is 1. The third kappa shape index (κ3) is 3.38. The molecular formula is C17H21F2NO3. The van der Waals surface area contributed by atoms with Gasteiger partial charge in [0.15, 0.2) is 0 Å². The van der Waals surface area contributed by atoms with Crippen LogP contribution in [-0.4, -0.2) is 49.3 Å². The molecule has 23 heavy (non-hydrogen) atoms. The number of hydrogen-bond donors (Lipinski definition) is 0. The highest BCUT2D eigenvalue weighted by molar-refractivity contribution is 5.94. The van der Waals surface area contributed by atoms with Gasteiger partial charge in [-0.2, -0.15) is 0 Å². The van der Waals surface area contributed by atoms with Crippen LogP contribution in [0.4, 0.5) is 8.78 Å². The molecule has 0 aliphatic carbocycles. The van der Waals surface area contributed by atoms with Gasteiger partial charge in [0.25, 0.3) is 5.91 Å². The van der Waals surface area contributed by atoms with Crippen molar-refractivity contribution >= 4 is 5.91 Å². The van der Waals surface area contributed by atoms with E-state index in [0.29, 0.717) is 32.5 Å². The lowest BCUT2D eigenvalue weighted by Crippen LogP contribution is -2.52. The molecule has 3 rings (SSSR count). The van der Waals surface area contributed by atoms with Crippen LogP contribution < -0.4 is 0 Å². The number of hydrogen-bond acceptors (Lipinski definition) is 3. The van der Waals surface area contributed by atoms with Gasteiger partial charge in [0, 0.05) is 33.2 Å². The van der Waals surface area contributed by atoms with Crippen LogP contribution in [0.3, 0.4) is 0 Å². The predicted octanol–water partition coefficient (Wildman–Crippen LogP) is 2.77. The van der Waals surface area contributed by atoms with Crippen molar-refractivity contribution < 1.29 is 23.0 Å². The number of rotatable bonds is 2. The Labute approximate surface area is 134 Å². The Morgan fingerprint density at radius 2 is 2.09 bits per heavy atom. The fourth-order valence-electron chi connectivity index (χ4n) is 3.48. The molecule has 0 aromatic heterocycles. The number of likely N-dealkylation sites (tertiary alicyclic amines) is 1. The average Bonchev–Trinajstić information content (AvgIpc) is 2.57. The summed E-state index contributed by atoms with van der Waals surface area (Å²) in [4.78, 5) is 14.0. The largest absolute Gasteiger partial charge is 0.381 e. The van der Waals surface area contributed by atoms with Crippen molar-refractivity contribution in [2.75, 3.05) is 26.8 Å². The van der Waals surface area contributed by atoms with Crippen molar-refractivity contribution in [1.29, 1.82) is 0 Å². The van der Waals surface area contributed by atoms with Crippen molar-refractivity contribution in [1.82, 2.24) is 4.90 Å². The Morgan fingerprint density at radius 3 is 2.78 bits per heavy atom. The fourth-order valence-corrected chi connectivity index (χ4v) is 3.48. The summed E-state index contributed by atoms with van der Waals surface area (Å²) >= 11 is 0. The second kappa shape index (κ2) is 6.53. The van der Waals surface area contributed by atoms with E-state index in [-0.39, 0.29) is 17.3 Å². The smallest absolute Gasteiger partial charge is 0.256 e. The normalized spacial score (nSPS) is 24.0. The molecule has 1 spiro atoms. The van der Waals surface area contributed by atoms with E-state index in [0.717, 1.165) is 31.0 Å². The number of benzene rings is 1. The van der Waals surface area contributed by atoms with E-state index in [1.807, 2.05) is 0 Å². The van der Waals surface area contributed by atoms with Crippen LogP contribution in [0.15, 0.2) is 18.2 Å². The number of methoxy groups -OCH3 is 1. The Hall–Kier alpha value is -1.53. The van der Waals surface area contributed by atoms with Crippen molar-refractivity contribution in [2.45, 2.75) is 37.4 Å². The lowest BCUT2D eigenvalue weighted by Gasteiger charge is -2.45. The minimum Gasteiger partial charge on any atom is -0.381 e. The summed E-state index contributed by atoms with van der Waals surface area (Å²) in [6, 6.07) is 2.96. The topological polar surface area (TPSA) is 38.8 Å². The monoisotopic (exact) mass is 325 g/mol. The number of halogens is 2. The van der Waals surface area contributed by atoms with Gasteiger partial charge in [-0.1, -0.05) is 0 Å². The first-order valence-electron chi connectivity index (χ1n) is 7.94. The van der Waals surface area contributed by atoms with E-state index in [4.69, 9.17) is 9.47 Å². The molecule has 1 amide bonds. The molecule has 1 atom stereocenters. The van der Waals surface area contributed by atoms with Crippen molar-refractivity contribution in [2.24, 2.45) is 0 Å². The highest BCUT2D eigenvalue weighted by Gasteiger charge is 2.41. The standard InChI is InChI=1S/C17H21F2NO3/c1-22-13-4-9-23-17(11-13)5-7-20(8-6-17)16(21)14-10-12(18)2-3-15(14)19/h2-3,10,13H,4-9,11H2,1H3. The number of nitrogens with zero attached hydrogens (tertiary/aromatic N) is 1. The highest BCUT2D eigenvalue weighted by atomic mass is 19.1. The van der Waals surface area contributed by atoms with Crippen molar-refractivity contribution in [3.63, 3.8) is 0 Å². The summed E-state index contributed by atoms with van der Waals surface area (Å²) in [5.74, 6) is -1.76. The van der Waals surface area contributed by atoms with Gasteiger partial charge in [-0.25, -0.2) is 8.78 Å². The van der Waals surface area contributed by atoms with Gasteiger partial charge in [-0.05, 0) is 37.5 Å². The molecule has 126 valence electrons. The van der Waals surface area contributed by atoms with Crippen LogP contribution in [-0.2, 0) is 9.47 Å². The summed E-state index contributed by atoms with van der Waals surface area (Å²) in [5.41, 5.74) is -0.462. The maximum absolute atomic E-state index is 13.8. The zero-order valence-electron chi connectivity index (χ0n) is 13.2. The zero-order valence-corrected chi connectivity index (χ0v) is 13.2. The van der Waals surface area contributed by atoms with E-state index in [2.05, 4.69) is 0 Å². The Bertz CT molecular complexity index is 585. The highest BCUT2D eigenvalue weighted by Crippen LogP contribution is 2.36. The Morgan fingerprint density at radius 1 is 1.35 bits per heavy atom. The van der Waals surface area contributed by atoms with E-state index in [1.165, 1.54) is 0 Å². The minimum atomic E-state index is -0.690. The molecule has 2 aliphatic heterocycles. The Balaban J connectivity index is 1.66. The minimum absolute atomic E-state index is 0.187. The fraction of sp³-hybridized carbons (Fsp3) is 0.588. The third-order valence-corrected chi connectivity index (χ3v) is 4.90. The number of carbonyl (C=O) groups is 1. The van der Waals surface area contributed by atoms with E-state index >= 15 is 0 Å². The maximum Gasteiger partial charge on any atom is 0.256 e. The van der Waals surface area contributed by atoms with Crippen LogP contribution in [0.2, 0.25) is 0 Å². The molecule has 1 unspecified atom stereocenters. The number of amides is 1. The van der Waals surface area contributed by atoms with Gasteiger partial charge in [0.2, 0.25) is 0 Å². The summed E-state index contributed by atoms with van der Waals surface area (Å²) in [7, 11) is 1.70. The van der Waals surface area contributed by atoms with Gasteiger partial charge in [0.1, 0.15) is 11.6 Å². The van der Waals surface area contributed by atoms with Gasteiger partial charge in [-0.3, -0.25) is 4.79 Å². The van der Waals surface area contributed by atoms with Crippen LogP contribution in [0.25, 0.3) is 0 Å². The summed E-state index contributed by atoms with van der Waals surface area (Å²) in [6.07, 6.45) is 3.27. The molecular weight excluding hydrogens is 304 g/mol. The summed E-state index contributed by atoms with van der Waals surface area (Å²) in [5, 5.41) is 0. The molecule has 0 radical (unpaired) electrons. The van der Waals surface area contributed by atoms with E-state index in [9.17, 15) is 13.6 Å². The first-order valence-corrected chi connectivity index (χ1v) is 7.94. The molecule has 2 heterocycles. The average molecular weight is 325 g/mol. The lowest BCUT2D eigenvalue weighted by molar-refractivity contribution is -0.146. The first kappa shape index (κ1) is 16.3. The van der Waals surface area contributed by atoms with Gasteiger partial charge < -0.3 is 14.4 Å². The zero-order chi connectivity index (χ0) is 16.4. The Kier molecular flexibility index (Phi) is 4.64. The third-order valence-electron chi connectivity index (χ3n) is 4.90. The van der Waals surface area contributed by atoms with E-state index < -0.39 is 17.5 Å². The van der Waals surface area contributed by atoms with E-state index in [1.54, 1.807) is 12.0 Å². The second-order valence-electron chi connectivity index (χ2n) is 6.30.